The Hall–Kier alpha value is -1.94. The number of urea groups is 1. The van der Waals surface area contributed by atoms with Gasteiger partial charge in [-0.2, -0.15) is 13.2 Å². The molecule has 170 valence electrons. The van der Waals surface area contributed by atoms with E-state index in [0.717, 1.165) is 48.8 Å². The Morgan fingerprint density at radius 2 is 1.94 bits per heavy atom. The highest BCUT2D eigenvalue weighted by atomic mass is 35.5. The van der Waals surface area contributed by atoms with Gasteiger partial charge in [0.15, 0.2) is 5.17 Å². The Morgan fingerprint density at radius 3 is 2.55 bits per heavy atom. The molecular weight excluding hydrogens is 453 g/mol. The van der Waals surface area contributed by atoms with Crippen LogP contribution in [-0.2, 0) is 11.0 Å². The maximum atomic E-state index is 13.1. The molecule has 3 N–H and O–H groups in total. The van der Waals surface area contributed by atoms with Crippen LogP contribution >= 0.6 is 23.4 Å². The highest BCUT2D eigenvalue weighted by Gasteiger charge is 2.34. The van der Waals surface area contributed by atoms with Gasteiger partial charge in [-0.25, -0.2) is 4.79 Å². The van der Waals surface area contributed by atoms with E-state index in [-0.39, 0.29) is 35.6 Å². The van der Waals surface area contributed by atoms with Gasteiger partial charge in [0, 0.05) is 6.54 Å². The molecule has 1 heterocycles. The molecule has 0 aromatic heterocycles. The quantitative estimate of drug-likeness (QED) is 0.590. The van der Waals surface area contributed by atoms with Gasteiger partial charge in [0.2, 0.25) is 5.91 Å². The van der Waals surface area contributed by atoms with E-state index in [2.05, 4.69) is 10.3 Å². The highest BCUT2D eigenvalue weighted by Crippen LogP contribution is 2.36. The molecule has 1 aliphatic carbocycles. The van der Waals surface area contributed by atoms with Gasteiger partial charge in [0.1, 0.15) is 0 Å². The van der Waals surface area contributed by atoms with Crippen molar-refractivity contribution in [2.75, 3.05) is 11.4 Å². The molecule has 0 radical (unpaired) electrons. The lowest BCUT2D eigenvalue weighted by Crippen LogP contribution is -2.38. The van der Waals surface area contributed by atoms with Crippen LogP contribution in [0.5, 0.6) is 0 Å². The lowest BCUT2D eigenvalue weighted by atomic mass is 10.1. The Balaban J connectivity index is 1.68. The zero-order valence-electron chi connectivity index (χ0n) is 16.8. The number of thioether (sulfide) groups is 1. The van der Waals surface area contributed by atoms with Crippen molar-refractivity contribution >= 4 is 46.2 Å². The van der Waals surface area contributed by atoms with E-state index in [1.54, 1.807) is 0 Å². The smallest absolute Gasteiger partial charge is 0.351 e. The van der Waals surface area contributed by atoms with Gasteiger partial charge in [0.25, 0.3) is 0 Å². The van der Waals surface area contributed by atoms with Gasteiger partial charge >= 0.3 is 12.2 Å². The van der Waals surface area contributed by atoms with Gasteiger partial charge in [-0.15, -0.1) is 0 Å². The zero-order valence-corrected chi connectivity index (χ0v) is 18.3. The molecule has 2 fully saturated rings. The Morgan fingerprint density at radius 1 is 1.26 bits per heavy atom. The van der Waals surface area contributed by atoms with Crippen molar-refractivity contribution in [1.29, 1.82) is 0 Å². The number of amidine groups is 1. The average molecular weight is 477 g/mol. The summed E-state index contributed by atoms with van der Waals surface area (Å²) in [5.74, 6) is -0.239. The molecule has 1 atom stereocenters. The molecule has 1 saturated heterocycles. The average Bonchev–Trinajstić information content (AvgIpc) is 2.87. The van der Waals surface area contributed by atoms with Gasteiger partial charge < -0.3 is 11.1 Å². The molecule has 1 unspecified atom stereocenters. The number of nitrogens with zero attached hydrogens (tertiary/aromatic N) is 2. The summed E-state index contributed by atoms with van der Waals surface area (Å²) in [6.07, 6.45) is 2.23. The maximum absolute atomic E-state index is 13.1. The Labute approximate surface area is 187 Å². The second-order valence-electron chi connectivity index (χ2n) is 7.62. The van der Waals surface area contributed by atoms with Crippen molar-refractivity contribution in [2.24, 2.45) is 10.7 Å². The van der Waals surface area contributed by atoms with Gasteiger partial charge in [-0.3, -0.25) is 14.7 Å². The summed E-state index contributed by atoms with van der Waals surface area (Å²) >= 11 is 7.31. The van der Waals surface area contributed by atoms with Crippen molar-refractivity contribution in [3.8, 4) is 0 Å². The number of nitrogens with one attached hydrogen (secondary N) is 1. The molecule has 11 heteroatoms. The first-order valence-corrected chi connectivity index (χ1v) is 11.4. The molecule has 1 aromatic rings. The number of anilines is 1. The highest BCUT2D eigenvalue weighted by molar-refractivity contribution is 8.15. The van der Waals surface area contributed by atoms with Crippen molar-refractivity contribution in [2.45, 2.75) is 62.4 Å². The van der Waals surface area contributed by atoms with Gasteiger partial charge in [-0.1, -0.05) is 49.0 Å². The summed E-state index contributed by atoms with van der Waals surface area (Å²) in [5.41, 5.74) is 4.32. The van der Waals surface area contributed by atoms with Crippen LogP contribution in [0.1, 0.15) is 50.5 Å². The van der Waals surface area contributed by atoms with E-state index in [1.165, 1.54) is 24.6 Å². The summed E-state index contributed by atoms with van der Waals surface area (Å²) in [4.78, 5) is 29.9. The minimum Gasteiger partial charge on any atom is -0.351 e. The summed E-state index contributed by atoms with van der Waals surface area (Å²) in [5, 5.41) is 2.78. The van der Waals surface area contributed by atoms with Crippen LogP contribution in [0.2, 0.25) is 5.02 Å². The van der Waals surface area contributed by atoms with E-state index in [4.69, 9.17) is 17.3 Å². The number of carbonyl (C=O) groups excluding carboxylic acids is 2. The minimum absolute atomic E-state index is 0.0362. The maximum Gasteiger partial charge on any atom is 0.416 e. The molecule has 1 aromatic carbocycles. The second kappa shape index (κ2) is 10.1. The third-order valence-corrected chi connectivity index (χ3v) is 6.83. The number of rotatable bonds is 5. The number of halogens is 4. The molecule has 1 aliphatic heterocycles. The SMILES string of the molecule is NC(=O)N(CCC1SC(=NC2CCCCCC2)NC1=O)c1cc(C(F)(F)F)ccc1Cl. The second-order valence-corrected chi connectivity index (χ2v) is 9.22. The van der Waals surface area contributed by atoms with Crippen molar-refractivity contribution in [3.63, 3.8) is 0 Å². The summed E-state index contributed by atoms with van der Waals surface area (Å²) in [7, 11) is 0. The third kappa shape index (κ3) is 6.29. The fourth-order valence-corrected chi connectivity index (χ4v) is 4.95. The van der Waals surface area contributed by atoms with Crippen LogP contribution in [0.25, 0.3) is 0 Å². The van der Waals surface area contributed by atoms with Crippen LogP contribution in [0, 0.1) is 0 Å². The number of aliphatic imine (C=N–C) groups is 1. The van der Waals surface area contributed by atoms with Crippen LogP contribution in [0.15, 0.2) is 23.2 Å². The van der Waals surface area contributed by atoms with Gasteiger partial charge in [-0.05, 0) is 37.5 Å². The molecule has 2 aliphatic rings. The van der Waals surface area contributed by atoms with Crippen LogP contribution < -0.4 is 16.0 Å². The Kier molecular flexibility index (Phi) is 7.74. The third-order valence-electron chi connectivity index (χ3n) is 5.35. The number of alkyl halides is 3. The summed E-state index contributed by atoms with van der Waals surface area (Å²) < 4.78 is 39.2. The number of amides is 3. The Bertz CT molecular complexity index is 857. The molecule has 0 bridgehead atoms. The largest absolute Gasteiger partial charge is 0.416 e. The van der Waals surface area contributed by atoms with Crippen LogP contribution in [-0.4, -0.2) is 34.9 Å². The first kappa shape index (κ1) is 23.7. The molecule has 3 amide bonds. The first-order chi connectivity index (χ1) is 14.6. The van der Waals surface area contributed by atoms with E-state index < -0.39 is 23.0 Å². The molecule has 31 heavy (non-hydrogen) atoms. The van der Waals surface area contributed by atoms with E-state index in [1.807, 2.05) is 0 Å². The molecule has 6 nitrogen and oxygen atoms in total. The van der Waals surface area contributed by atoms with Gasteiger partial charge in [0.05, 0.1) is 27.6 Å². The number of carbonyl (C=O) groups is 2. The molecular formula is C20H24ClF3N4O2S. The van der Waals surface area contributed by atoms with Crippen molar-refractivity contribution in [3.05, 3.63) is 28.8 Å². The predicted octanol–water partition coefficient (Wildman–Crippen LogP) is 4.94. The number of hydrogen-bond donors (Lipinski definition) is 2. The minimum atomic E-state index is -4.59. The summed E-state index contributed by atoms with van der Waals surface area (Å²) in [6.45, 7) is -0.0574. The van der Waals surface area contributed by atoms with Crippen molar-refractivity contribution in [1.82, 2.24) is 5.32 Å². The number of primary amides is 1. The standard InChI is InChI=1S/C20H24ClF3N4O2S/c21-14-8-7-12(20(22,23)24)11-15(14)28(18(25)30)10-9-16-17(29)27-19(31-16)26-13-5-3-1-2-4-6-13/h7-8,11,13,16H,1-6,9-10H2,(H2,25,30)(H,26,27,29). The lowest BCUT2D eigenvalue weighted by Gasteiger charge is -2.23. The summed E-state index contributed by atoms with van der Waals surface area (Å²) in [6, 6.07) is 1.94. The lowest BCUT2D eigenvalue weighted by molar-refractivity contribution is -0.137. The monoisotopic (exact) mass is 476 g/mol. The normalized spacial score (nSPS) is 21.7. The number of hydrogen-bond acceptors (Lipinski definition) is 4. The van der Waals surface area contributed by atoms with Crippen molar-refractivity contribution < 1.29 is 22.8 Å². The van der Waals surface area contributed by atoms with Crippen LogP contribution in [0.4, 0.5) is 23.7 Å². The molecule has 0 spiro atoms. The molecule has 3 rings (SSSR count). The fraction of sp³-hybridized carbons (Fsp3) is 0.550. The topological polar surface area (TPSA) is 87.8 Å². The molecule has 1 saturated carbocycles. The first-order valence-electron chi connectivity index (χ1n) is 10.1. The van der Waals surface area contributed by atoms with E-state index in [0.29, 0.717) is 5.17 Å². The number of benzene rings is 1. The van der Waals surface area contributed by atoms with Crippen LogP contribution in [0.3, 0.4) is 0 Å². The van der Waals surface area contributed by atoms with E-state index in [9.17, 15) is 22.8 Å². The fourth-order valence-electron chi connectivity index (χ4n) is 3.70. The van der Waals surface area contributed by atoms with E-state index >= 15 is 0 Å². The predicted molar refractivity (Wildman–Crippen MR) is 116 cm³/mol. The number of nitrogens with two attached hydrogens (primary N) is 1. The zero-order chi connectivity index (χ0) is 22.6.